The van der Waals surface area contributed by atoms with Crippen molar-refractivity contribution in [3.05, 3.63) is 36.2 Å². The summed E-state index contributed by atoms with van der Waals surface area (Å²) in [5.74, 6) is 0.652. The lowest BCUT2D eigenvalue weighted by molar-refractivity contribution is 0.308. The van der Waals surface area contributed by atoms with E-state index in [0.29, 0.717) is 22.8 Å². The van der Waals surface area contributed by atoms with Gasteiger partial charge >= 0.3 is 0 Å². The third-order valence-corrected chi connectivity index (χ3v) is 4.47. The van der Waals surface area contributed by atoms with Gasteiger partial charge in [-0.2, -0.15) is 5.10 Å². The average Bonchev–Trinajstić information content (AvgIpc) is 2.57. The molecule has 0 radical (unpaired) electrons. The minimum atomic E-state index is 0.444. The Bertz CT molecular complexity index is 715. The van der Waals surface area contributed by atoms with E-state index < -0.39 is 0 Å². The van der Waals surface area contributed by atoms with Gasteiger partial charge in [-0.15, -0.1) is 0 Å². The van der Waals surface area contributed by atoms with Crippen LogP contribution in [0.25, 0.3) is 11.0 Å². The second-order valence-electron chi connectivity index (χ2n) is 6.00. The van der Waals surface area contributed by atoms with Gasteiger partial charge in [0, 0.05) is 6.04 Å². The van der Waals surface area contributed by atoms with Crippen LogP contribution >= 0.6 is 12.2 Å². The van der Waals surface area contributed by atoms with Gasteiger partial charge < -0.3 is 5.32 Å². The number of thiocarbonyl (C=S) groups is 1. The van der Waals surface area contributed by atoms with Gasteiger partial charge in [0.2, 0.25) is 0 Å². The number of hydrogen-bond donors (Lipinski definition) is 2. The summed E-state index contributed by atoms with van der Waals surface area (Å²) in [4.78, 5) is 8.84. The topological polar surface area (TPSA) is 62.2 Å². The van der Waals surface area contributed by atoms with Gasteiger partial charge in [0.05, 0.1) is 23.4 Å². The molecular formula is C17H21N5S. The number of hydrazone groups is 1. The Morgan fingerprint density at radius 2 is 2.04 bits per heavy atom. The van der Waals surface area contributed by atoms with Crippen molar-refractivity contribution in [2.75, 3.05) is 0 Å². The average molecular weight is 327 g/mol. The molecule has 1 aromatic carbocycles. The first-order valence-corrected chi connectivity index (χ1v) is 8.44. The van der Waals surface area contributed by atoms with E-state index in [2.05, 4.69) is 32.7 Å². The summed E-state index contributed by atoms with van der Waals surface area (Å²) in [5, 5.41) is 8.08. The fourth-order valence-electron chi connectivity index (χ4n) is 2.92. The van der Waals surface area contributed by atoms with Crippen LogP contribution in [0.3, 0.4) is 0 Å². The van der Waals surface area contributed by atoms with Crippen LogP contribution in [0, 0.1) is 5.92 Å². The van der Waals surface area contributed by atoms with Crippen molar-refractivity contribution < 1.29 is 0 Å². The fourth-order valence-corrected chi connectivity index (χ4v) is 3.13. The second-order valence-corrected chi connectivity index (χ2v) is 6.40. The summed E-state index contributed by atoms with van der Waals surface area (Å²) >= 11 is 5.31. The van der Waals surface area contributed by atoms with E-state index >= 15 is 0 Å². The highest BCUT2D eigenvalue weighted by atomic mass is 32.1. The largest absolute Gasteiger partial charge is 0.358 e. The zero-order chi connectivity index (χ0) is 16.1. The molecule has 0 aliphatic heterocycles. The highest BCUT2D eigenvalue weighted by Gasteiger charge is 2.21. The van der Waals surface area contributed by atoms with E-state index in [-0.39, 0.29) is 0 Å². The highest BCUT2D eigenvalue weighted by molar-refractivity contribution is 7.80. The number of aromatic nitrogens is 2. The summed E-state index contributed by atoms with van der Waals surface area (Å²) in [5.41, 5.74) is 5.30. The van der Waals surface area contributed by atoms with Crippen molar-refractivity contribution in [1.82, 2.24) is 20.7 Å². The Balaban J connectivity index is 1.55. The Labute approximate surface area is 141 Å². The summed E-state index contributed by atoms with van der Waals surface area (Å²) in [7, 11) is 0. The zero-order valence-electron chi connectivity index (χ0n) is 13.2. The lowest BCUT2D eigenvalue weighted by atomic mass is 9.86. The maximum Gasteiger partial charge on any atom is 0.187 e. The minimum absolute atomic E-state index is 0.444. The zero-order valence-corrected chi connectivity index (χ0v) is 14.0. The molecule has 1 aromatic heterocycles. The number of para-hydroxylation sites is 2. The van der Waals surface area contributed by atoms with Crippen LogP contribution in [0.4, 0.5) is 0 Å². The molecule has 23 heavy (non-hydrogen) atoms. The van der Waals surface area contributed by atoms with Gasteiger partial charge in [-0.3, -0.25) is 10.4 Å². The van der Waals surface area contributed by atoms with Crippen LogP contribution in [-0.4, -0.2) is 27.3 Å². The molecule has 1 fully saturated rings. The summed E-state index contributed by atoms with van der Waals surface area (Å²) in [6, 6.07) is 8.21. The van der Waals surface area contributed by atoms with E-state index in [1.165, 1.54) is 25.7 Å². The summed E-state index contributed by atoms with van der Waals surface area (Å²) < 4.78 is 0. The maximum absolute atomic E-state index is 5.31. The molecule has 1 aliphatic rings. The smallest absolute Gasteiger partial charge is 0.187 e. The molecule has 0 bridgehead atoms. The van der Waals surface area contributed by atoms with Crippen molar-refractivity contribution in [3.8, 4) is 0 Å². The van der Waals surface area contributed by atoms with Gasteiger partial charge in [-0.25, -0.2) is 4.98 Å². The molecule has 120 valence electrons. The monoisotopic (exact) mass is 327 g/mol. The fraction of sp³-hybridized carbons (Fsp3) is 0.412. The number of nitrogens with one attached hydrogen (secondary N) is 2. The van der Waals surface area contributed by atoms with Crippen molar-refractivity contribution in [2.24, 2.45) is 11.0 Å². The van der Waals surface area contributed by atoms with E-state index in [1.54, 1.807) is 12.4 Å². The van der Waals surface area contributed by atoms with Gasteiger partial charge in [0.25, 0.3) is 0 Å². The Morgan fingerprint density at radius 1 is 1.26 bits per heavy atom. The Morgan fingerprint density at radius 3 is 2.87 bits per heavy atom. The molecular weight excluding hydrogens is 306 g/mol. The molecule has 2 N–H and O–H groups in total. The maximum atomic E-state index is 5.31. The molecule has 1 heterocycles. The molecule has 0 spiro atoms. The number of benzene rings is 1. The number of rotatable bonds is 3. The number of hydrogen-bond acceptors (Lipinski definition) is 4. The van der Waals surface area contributed by atoms with Gasteiger partial charge in [-0.05, 0) is 43.1 Å². The number of fused-ring (bicyclic) bond motifs is 1. The standard InChI is InChI=1S/C17H21N5S/c1-12-6-2-3-7-14(12)21-17(23)22-19-11-13-10-18-15-8-4-5-9-16(15)20-13/h4-5,8-12,14H,2-3,6-7H2,1H3,(H2,21,22,23)/b19-11-/t12-,14-/m1/s1. The summed E-state index contributed by atoms with van der Waals surface area (Å²) in [6.45, 7) is 2.27. The van der Waals surface area contributed by atoms with Crippen molar-refractivity contribution in [3.63, 3.8) is 0 Å². The Hall–Kier alpha value is -2.08. The van der Waals surface area contributed by atoms with Gasteiger partial charge in [0.15, 0.2) is 5.11 Å². The third kappa shape index (κ3) is 4.22. The molecule has 3 rings (SSSR count). The first-order valence-electron chi connectivity index (χ1n) is 8.04. The Kier molecular flexibility index (Phi) is 5.12. The predicted octanol–water partition coefficient (Wildman–Crippen LogP) is 3.01. The van der Waals surface area contributed by atoms with E-state index in [0.717, 1.165) is 11.0 Å². The first kappa shape index (κ1) is 15.8. The molecule has 0 amide bonds. The summed E-state index contributed by atoms with van der Waals surface area (Å²) in [6.07, 6.45) is 8.35. The molecule has 1 aliphatic carbocycles. The lowest BCUT2D eigenvalue weighted by Crippen LogP contribution is -2.44. The van der Waals surface area contributed by atoms with Crippen molar-refractivity contribution >= 4 is 34.6 Å². The van der Waals surface area contributed by atoms with Crippen LogP contribution in [0.15, 0.2) is 35.6 Å². The molecule has 2 atom stereocenters. The van der Waals surface area contributed by atoms with Gasteiger partial charge in [-0.1, -0.05) is 31.9 Å². The highest BCUT2D eigenvalue weighted by Crippen LogP contribution is 2.23. The SMILES string of the molecule is C[C@@H]1CCCC[C@H]1NC(=S)N/N=C\c1cnc2ccccc2n1. The van der Waals surface area contributed by atoms with Crippen LogP contribution < -0.4 is 10.7 Å². The molecule has 0 unspecified atom stereocenters. The van der Waals surface area contributed by atoms with E-state index in [4.69, 9.17) is 12.2 Å². The molecule has 0 saturated heterocycles. The lowest BCUT2D eigenvalue weighted by Gasteiger charge is -2.30. The van der Waals surface area contributed by atoms with Crippen LogP contribution in [0.1, 0.15) is 38.3 Å². The van der Waals surface area contributed by atoms with Gasteiger partial charge in [0.1, 0.15) is 5.69 Å². The molecule has 6 heteroatoms. The second kappa shape index (κ2) is 7.46. The minimum Gasteiger partial charge on any atom is -0.358 e. The normalized spacial score (nSPS) is 21.4. The molecule has 2 aromatic rings. The van der Waals surface area contributed by atoms with Crippen LogP contribution in [-0.2, 0) is 0 Å². The third-order valence-electron chi connectivity index (χ3n) is 4.26. The number of nitrogens with zero attached hydrogens (tertiary/aromatic N) is 3. The van der Waals surface area contributed by atoms with Crippen LogP contribution in [0.5, 0.6) is 0 Å². The van der Waals surface area contributed by atoms with E-state index in [9.17, 15) is 0 Å². The van der Waals surface area contributed by atoms with E-state index in [1.807, 2.05) is 24.3 Å². The molecule has 1 saturated carbocycles. The van der Waals surface area contributed by atoms with Crippen molar-refractivity contribution in [1.29, 1.82) is 0 Å². The quantitative estimate of drug-likeness (QED) is 0.515. The molecule has 5 nitrogen and oxygen atoms in total. The van der Waals surface area contributed by atoms with Crippen LogP contribution in [0.2, 0.25) is 0 Å². The predicted molar refractivity (Wildman–Crippen MR) is 97.4 cm³/mol. The first-order chi connectivity index (χ1) is 11.2. The van der Waals surface area contributed by atoms with Crippen molar-refractivity contribution in [2.45, 2.75) is 38.6 Å².